The topological polar surface area (TPSA) is 57.5 Å². The Hall–Kier alpha value is -0.670. The van der Waals surface area contributed by atoms with Crippen LogP contribution in [0.1, 0.15) is 58.8 Å². The number of hydrogen-bond acceptors (Lipinski definition) is 3. The first-order valence-corrected chi connectivity index (χ1v) is 9.02. The Labute approximate surface area is 133 Å². The first kappa shape index (κ1) is 16.2. The minimum atomic E-state index is -0.408. The minimum absolute atomic E-state index is 0.0182. The summed E-state index contributed by atoms with van der Waals surface area (Å²) in [6, 6.07) is 0. The van der Waals surface area contributed by atoms with Crippen molar-refractivity contribution in [2.75, 3.05) is 0 Å². The lowest BCUT2D eigenvalue weighted by Gasteiger charge is -2.57. The van der Waals surface area contributed by atoms with Gasteiger partial charge in [-0.3, -0.25) is 4.79 Å². The number of Topliss-reactive ketones (excluding diaryl/α,β-unsaturated/α-hetero) is 1. The van der Waals surface area contributed by atoms with Gasteiger partial charge in [-0.05, 0) is 31.1 Å². The van der Waals surface area contributed by atoms with Crippen LogP contribution < -0.4 is 0 Å². The molecular formula is C19H30O3. The van der Waals surface area contributed by atoms with E-state index in [9.17, 15) is 15.0 Å². The number of aliphatic hydroxyl groups is 2. The first-order chi connectivity index (χ1) is 10.4. The van der Waals surface area contributed by atoms with Crippen LogP contribution in [0.2, 0.25) is 0 Å². The fourth-order valence-corrected chi connectivity index (χ4v) is 5.40. The van der Waals surface area contributed by atoms with Crippen LogP contribution in [0.5, 0.6) is 0 Å². The van der Waals surface area contributed by atoms with E-state index >= 15 is 0 Å². The van der Waals surface area contributed by atoms with Crippen LogP contribution in [0.25, 0.3) is 0 Å². The minimum Gasteiger partial charge on any atom is -0.393 e. The summed E-state index contributed by atoms with van der Waals surface area (Å²) in [6.07, 6.45) is 10.5. The zero-order valence-electron chi connectivity index (χ0n) is 13.9. The summed E-state index contributed by atoms with van der Waals surface area (Å²) < 4.78 is 0. The van der Waals surface area contributed by atoms with Crippen molar-refractivity contribution in [3.63, 3.8) is 0 Å². The summed E-state index contributed by atoms with van der Waals surface area (Å²) in [7, 11) is 0. The van der Waals surface area contributed by atoms with Gasteiger partial charge in [0.05, 0.1) is 12.2 Å². The van der Waals surface area contributed by atoms with E-state index in [0.29, 0.717) is 18.1 Å². The van der Waals surface area contributed by atoms with Crippen LogP contribution in [0.4, 0.5) is 0 Å². The molecule has 6 atom stereocenters. The van der Waals surface area contributed by atoms with Crippen LogP contribution in [0.15, 0.2) is 12.2 Å². The van der Waals surface area contributed by atoms with Crippen molar-refractivity contribution in [3.05, 3.63) is 12.2 Å². The predicted molar refractivity (Wildman–Crippen MR) is 86.2 cm³/mol. The molecule has 3 saturated carbocycles. The largest absolute Gasteiger partial charge is 0.393 e. The monoisotopic (exact) mass is 306 g/mol. The number of aliphatic hydroxyl groups excluding tert-OH is 2. The van der Waals surface area contributed by atoms with Crippen LogP contribution >= 0.6 is 0 Å². The second-order valence-corrected chi connectivity index (χ2v) is 8.12. The smallest absolute Gasteiger partial charge is 0.142 e. The molecule has 3 rings (SSSR count). The summed E-state index contributed by atoms with van der Waals surface area (Å²) in [5.41, 5.74) is -0.246. The number of ketones is 1. The number of carbonyl (C=O) groups is 1. The van der Waals surface area contributed by atoms with E-state index in [-0.39, 0.29) is 29.3 Å². The average molecular weight is 306 g/mol. The van der Waals surface area contributed by atoms with Gasteiger partial charge in [0.15, 0.2) is 0 Å². The lowest BCUT2D eigenvalue weighted by Crippen LogP contribution is -2.62. The SMILES string of the molecule is CC1C(=O)[C@]2(C)CC[C@H](O)[C@@H](/C=C/[C@@H](O)CC3CCCC3)[C@H]12. The van der Waals surface area contributed by atoms with Crippen LogP contribution in [0, 0.1) is 29.1 Å². The van der Waals surface area contributed by atoms with Crippen molar-refractivity contribution >= 4 is 5.78 Å². The third-order valence-electron chi connectivity index (χ3n) is 6.67. The fourth-order valence-electron chi connectivity index (χ4n) is 5.40. The summed E-state index contributed by atoms with van der Waals surface area (Å²) in [5, 5.41) is 20.6. The third kappa shape index (κ3) is 2.67. The van der Waals surface area contributed by atoms with Crippen molar-refractivity contribution in [1.82, 2.24) is 0 Å². The van der Waals surface area contributed by atoms with E-state index in [1.807, 2.05) is 19.1 Å². The maximum Gasteiger partial charge on any atom is 0.142 e. The van der Waals surface area contributed by atoms with Gasteiger partial charge in [-0.2, -0.15) is 0 Å². The number of carbonyl (C=O) groups excluding carboxylic acids is 1. The standard InChI is InChI=1S/C19H30O3/c1-12-17-15(16(21)9-10-19(17,2)18(12)22)8-7-14(20)11-13-5-3-4-6-13/h7-8,12-17,20-21H,3-6,9-11H2,1-2H3/b8-7+/t12?,14-,15-,16+,17+,19-/m1/s1. The molecule has 22 heavy (non-hydrogen) atoms. The number of rotatable bonds is 4. The molecule has 0 amide bonds. The summed E-state index contributed by atoms with van der Waals surface area (Å²) in [4.78, 5) is 12.2. The Morgan fingerprint density at radius 1 is 1.32 bits per heavy atom. The van der Waals surface area contributed by atoms with Crippen molar-refractivity contribution in [2.24, 2.45) is 29.1 Å². The third-order valence-corrected chi connectivity index (χ3v) is 6.67. The Morgan fingerprint density at radius 3 is 2.68 bits per heavy atom. The first-order valence-electron chi connectivity index (χ1n) is 9.02. The van der Waals surface area contributed by atoms with Crippen molar-refractivity contribution in [2.45, 2.75) is 71.0 Å². The maximum atomic E-state index is 12.2. The van der Waals surface area contributed by atoms with E-state index in [1.54, 1.807) is 0 Å². The van der Waals surface area contributed by atoms with E-state index < -0.39 is 6.10 Å². The molecule has 0 heterocycles. The van der Waals surface area contributed by atoms with Gasteiger partial charge in [0.1, 0.15) is 5.78 Å². The molecule has 0 bridgehead atoms. The van der Waals surface area contributed by atoms with Gasteiger partial charge >= 0.3 is 0 Å². The molecule has 3 aliphatic carbocycles. The lowest BCUT2D eigenvalue weighted by atomic mass is 9.45. The lowest BCUT2D eigenvalue weighted by molar-refractivity contribution is -0.170. The maximum absolute atomic E-state index is 12.2. The van der Waals surface area contributed by atoms with Gasteiger partial charge < -0.3 is 10.2 Å². The highest BCUT2D eigenvalue weighted by Gasteiger charge is 2.61. The highest BCUT2D eigenvalue weighted by Crippen LogP contribution is 2.58. The molecule has 3 heteroatoms. The quantitative estimate of drug-likeness (QED) is 0.785. The van der Waals surface area contributed by atoms with Gasteiger partial charge in [0.25, 0.3) is 0 Å². The highest BCUT2D eigenvalue weighted by molar-refractivity contribution is 5.93. The van der Waals surface area contributed by atoms with Crippen LogP contribution in [0.3, 0.4) is 0 Å². The molecule has 0 saturated heterocycles. The van der Waals surface area contributed by atoms with Gasteiger partial charge in [-0.15, -0.1) is 0 Å². The van der Waals surface area contributed by atoms with Crippen LogP contribution in [-0.4, -0.2) is 28.2 Å². The summed E-state index contributed by atoms with van der Waals surface area (Å²) in [6.45, 7) is 4.05. The van der Waals surface area contributed by atoms with E-state index in [0.717, 1.165) is 12.8 Å². The highest BCUT2D eigenvalue weighted by atomic mass is 16.3. The molecule has 0 aliphatic heterocycles. The van der Waals surface area contributed by atoms with E-state index in [4.69, 9.17) is 0 Å². The second kappa shape index (κ2) is 6.09. The molecule has 0 spiro atoms. The second-order valence-electron chi connectivity index (χ2n) is 8.12. The molecule has 2 N–H and O–H groups in total. The zero-order valence-corrected chi connectivity index (χ0v) is 13.9. The molecule has 124 valence electrons. The predicted octanol–water partition coefficient (Wildman–Crippen LogP) is 3.10. The molecule has 0 aromatic rings. The van der Waals surface area contributed by atoms with E-state index in [2.05, 4.69) is 6.92 Å². The summed E-state index contributed by atoms with van der Waals surface area (Å²) >= 11 is 0. The Morgan fingerprint density at radius 2 is 2.00 bits per heavy atom. The molecule has 3 nitrogen and oxygen atoms in total. The Bertz CT molecular complexity index is 452. The molecule has 0 aromatic carbocycles. The molecule has 0 radical (unpaired) electrons. The normalized spacial score (nSPS) is 44.1. The van der Waals surface area contributed by atoms with E-state index in [1.165, 1.54) is 25.7 Å². The van der Waals surface area contributed by atoms with Gasteiger partial charge in [-0.25, -0.2) is 0 Å². The fraction of sp³-hybridized carbons (Fsp3) is 0.842. The molecule has 0 aromatic heterocycles. The molecule has 3 aliphatic rings. The van der Waals surface area contributed by atoms with Gasteiger partial charge in [0.2, 0.25) is 0 Å². The van der Waals surface area contributed by atoms with Gasteiger partial charge in [-0.1, -0.05) is 51.7 Å². The van der Waals surface area contributed by atoms with Gasteiger partial charge in [0, 0.05) is 17.3 Å². The van der Waals surface area contributed by atoms with Crippen molar-refractivity contribution in [1.29, 1.82) is 0 Å². The van der Waals surface area contributed by atoms with Crippen molar-refractivity contribution in [3.8, 4) is 0 Å². The molecule has 3 fully saturated rings. The van der Waals surface area contributed by atoms with Crippen molar-refractivity contribution < 1.29 is 15.0 Å². The Kier molecular flexibility index (Phi) is 4.48. The number of fused-ring (bicyclic) bond motifs is 1. The zero-order chi connectivity index (χ0) is 15.9. The van der Waals surface area contributed by atoms with Crippen LogP contribution in [-0.2, 0) is 4.79 Å². The Balaban J connectivity index is 1.64. The average Bonchev–Trinajstić information content (AvgIpc) is 3.00. The molecular weight excluding hydrogens is 276 g/mol. The summed E-state index contributed by atoms with van der Waals surface area (Å²) in [5.74, 6) is 1.31. The number of hydrogen-bond donors (Lipinski definition) is 2. The molecule has 1 unspecified atom stereocenters.